The maximum absolute atomic E-state index is 12.9. The van der Waals surface area contributed by atoms with Crippen molar-refractivity contribution in [2.45, 2.75) is 64.3 Å². The van der Waals surface area contributed by atoms with Crippen LogP contribution >= 0.6 is 0 Å². The van der Waals surface area contributed by atoms with Crippen LogP contribution in [0.15, 0.2) is 30.3 Å². The van der Waals surface area contributed by atoms with Gasteiger partial charge in [0.05, 0.1) is 35.8 Å². The quantitative estimate of drug-likeness (QED) is 0.528. The molecule has 1 saturated heterocycles. The van der Waals surface area contributed by atoms with Crippen LogP contribution in [0.5, 0.6) is 5.75 Å². The molecule has 5 nitrogen and oxygen atoms in total. The van der Waals surface area contributed by atoms with E-state index in [4.69, 9.17) is 14.5 Å². The fraction of sp³-hybridized carbons (Fsp3) is 0.600. The molecule has 0 spiro atoms. The average Bonchev–Trinajstić information content (AvgIpc) is 2.79. The van der Waals surface area contributed by atoms with Gasteiger partial charge in [0.1, 0.15) is 5.75 Å². The summed E-state index contributed by atoms with van der Waals surface area (Å²) in [6, 6.07) is 9.67. The highest BCUT2D eigenvalue weighted by Gasteiger charge is 2.41. The van der Waals surface area contributed by atoms with E-state index in [0.717, 1.165) is 49.1 Å². The lowest BCUT2D eigenvalue weighted by Crippen LogP contribution is -2.36. The first-order chi connectivity index (χ1) is 15.8. The van der Waals surface area contributed by atoms with Crippen molar-refractivity contribution < 1.29 is 27.4 Å². The smallest absolute Gasteiger partial charge is 0.391 e. The third-order valence-corrected chi connectivity index (χ3v) is 6.75. The fourth-order valence-electron chi connectivity index (χ4n) is 4.82. The Bertz CT molecular complexity index is 950. The molecule has 4 rings (SSSR count). The Morgan fingerprint density at radius 1 is 1.06 bits per heavy atom. The monoisotopic (exact) mass is 464 g/mol. The molecule has 1 aromatic carbocycles. The molecule has 0 N–H and O–H groups in total. The molecule has 2 aromatic rings. The second-order valence-electron chi connectivity index (χ2n) is 9.09. The zero-order valence-electron chi connectivity index (χ0n) is 18.9. The van der Waals surface area contributed by atoms with Gasteiger partial charge in [-0.25, -0.2) is 0 Å². The van der Waals surface area contributed by atoms with Gasteiger partial charge in [0.25, 0.3) is 0 Å². The second kappa shape index (κ2) is 10.3. The minimum absolute atomic E-state index is 0.00676. The molecular weight excluding hydrogens is 433 g/mol. The summed E-state index contributed by atoms with van der Waals surface area (Å²) in [7, 11) is 0. The Morgan fingerprint density at radius 3 is 2.45 bits per heavy atom. The van der Waals surface area contributed by atoms with Crippen molar-refractivity contribution in [1.29, 1.82) is 0 Å². The molecule has 0 amide bonds. The number of hydrogen-bond acceptors (Lipinski definition) is 5. The van der Waals surface area contributed by atoms with Crippen LogP contribution in [0, 0.1) is 11.8 Å². The van der Waals surface area contributed by atoms with Gasteiger partial charge in [-0.15, -0.1) is 0 Å². The van der Waals surface area contributed by atoms with Crippen LogP contribution in [0.2, 0.25) is 0 Å². The number of carbonyl (C=O) groups is 1. The molecular formula is C25H31F3N2O3. The normalized spacial score (nSPS) is 22.9. The zero-order chi connectivity index (χ0) is 23.4. The maximum atomic E-state index is 12.9. The predicted molar refractivity (Wildman–Crippen MR) is 119 cm³/mol. The lowest BCUT2D eigenvalue weighted by molar-refractivity contribution is -0.185. The summed E-state index contributed by atoms with van der Waals surface area (Å²) < 4.78 is 49.7. The van der Waals surface area contributed by atoms with Gasteiger partial charge >= 0.3 is 12.1 Å². The fourth-order valence-corrected chi connectivity index (χ4v) is 4.82. The maximum Gasteiger partial charge on any atom is 0.391 e. The van der Waals surface area contributed by atoms with E-state index >= 15 is 0 Å². The molecule has 1 aromatic heterocycles. The number of likely N-dealkylation sites (tertiary alicyclic amines) is 1. The van der Waals surface area contributed by atoms with E-state index in [-0.39, 0.29) is 30.8 Å². The molecule has 2 fully saturated rings. The molecule has 0 atom stereocenters. The van der Waals surface area contributed by atoms with E-state index in [9.17, 15) is 18.0 Å². The number of esters is 1. The Labute approximate surface area is 192 Å². The number of ether oxygens (including phenoxy) is 2. The Balaban J connectivity index is 1.31. The summed E-state index contributed by atoms with van der Waals surface area (Å²) in [5.41, 5.74) is 1.83. The molecule has 2 aliphatic rings. The highest BCUT2D eigenvalue weighted by atomic mass is 19.4. The number of pyridine rings is 1. The van der Waals surface area contributed by atoms with Gasteiger partial charge in [-0.1, -0.05) is 6.07 Å². The minimum atomic E-state index is -4.10. The molecule has 33 heavy (non-hydrogen) atoms. The average molecular weight is 465 g/mol. The van der Waals surface area contributed by atoms with Gasteiger partial charge in [0.15, 0.2) is 0 Å². The lowest BCUT2D eigenvalue weighted by atomic mass is 9.87. The number of benzene rings is 1. The standard InChI is InChI=1S/C25H31F3N2O3/c1-2-32-24(31)17-11-13-30(14-12-17)16-20-6-3-18-15-22(9-10-23(18)29-20)33-21-7-4-19(5-8-21)25(26,27)28/h3,6,9-10,15,17,19,21H,2,4-5,7-8,11-14,16H2,1H3. The molecule has 8 heteroatoms. The van der Waals surface area contributed by atoms with Crippen molar-refractivity contribution in [3.05, 3.63) is 36.0 Å². The Kier molecular flexibility index (Phi) is 7.41. The predicted octanol–water partition coefficient (Wildman–Crippen LogP) is 5.51. The summed E-state index contributed by atoms with van der Waals surface area (Å²) in [4.78, 5) is 19.0. The minimum Gasteiger partial charge on any atom is -0.490 e. The summed E-state index contributed by atoms with van der Waals surface area (Å²) in [6.07, 6.45) is -1.57. The number of hydrogen-bond donors (Lipinski definition) is 0. The van der Waals surface area contributed by atoms with Crippen LogP contribution in [0.25, 0.3) is 10.9 Å². The molecule has 0 bridgehead atoms. The van der Waals surface area contributed by atoms with Crippen molar-refractivity contribution in [2.75, 3.05) is 19.7 Å². The summed E-state index contributed by atoms with van der Waals surface area (Å²) in [5.74, 6) is -0.624. The molecule has 180 valence electrons. The van der Waals surface area contributed by atoms with Crippen LogP contribution in [0.3, 0.4) is 0 Å². The number of halogens is 3. The highest BCUT2D eigenvalue weighted by molar-refractivity contribution is 5.80. The van der Waals surface area contributed by atoms with Crippen molar-refractivity contribution in [3.63, 3.8) is 0 Å². The van der Waals surface area contributed by atoms with Crippen LogP contribution in [-0.2, 0) is 16.1 Å². The number of carbonyl (C=O) groups excluding carboxylic acids is 1. The summed E-state index contributed by atoms with van der Waals surface area (Å²) in [5, 5.41) is 0.946. The first-order valence-corrected chi connectivity index (χ1v) is 11.8. The first-order valence-electron chi connectivity index (χ1n) is 11.8. The van der Waals surface area contributed by atoms with Crippen molar-refractivity contribution in [3.8, 4) is 5.75 Å². The largest absolute Gasteiger partial charge is 0.490 e. The van der Waals surface area contributed by atoms with E-state index < -0.39 is 12.1 Å². The zero-order valence-corrected chi connectivity index (χ0v) is 18.9. The van der Waals surface area contributed by atoms with E-state index in [1.54, 1.807) is 0 Å². The van der Waals surface area contributed by atoms with Crippen LogP contribution in [0.1, 0.15) is 51.1 Å². The number of fused-ring (bicyclic) bond motifs is 1. The van der Waals surface area contributed by atoms with Gasteiger partial charge in [-0.05, 0) is 82.8 Å². The van der Waals surface area contributed by atoms with Gasteiger partial charge in [-0.3, -0.25) is 14.7 Å². The Morgan fingerprint density at radius 2 is 1.79 bits per heavy atom. The number of aromatic nitrogens is 1. The number of rotatable bonds is 6. The van der Waals surface area contributed by atoms with Crippen molar-refractivity contribution in [2.24, 2.45) is 11.8 Å². The second-order valence-corrected chi connectivity index (χ2v) is 9.09. The first kappa shape index (κ1) is 23.8. The number of piperidine rings is 1. The molecule has 0 unspecified atom stereocenters. The lowest BCUT2D eigenvalue weighted by Gasteiger charge is -2.30. The van der Waals surface area contributed by atoms with Gasteiger partial charge in [0.2, 0.25) is 0 Å². The van der Waals surface area contributed by atoms with E-state index in [2.05, 4.69) is 4.90 Å². The SMILES string of the molecule is CCOC(=O)C1CCN(Cc2ccc3cc(OC4CCC(C(F)(F)F)CC4)ccc3n2)CC1. The van der Waals surface area contributed by atoms with Gasteiger partial charge in [-0.2, -0.15) is 13.2 Å². The van der Waals surface area contributed by atoms with Gasteiger partial charge in [0, 0.05) is 11.9 Å². The van der Waals surface area contributed by atoms with E-state index in [1.807, 2.05) is 37.3 Å². The summed E-state index contributed by atoms with van der Waals surface area (Å²) in [6.45, 7) is 4.66. The molecule has 0 radical (unpaired) electrons. The summed E-state index contributed by atoms with van der Waals surface area (Å²) >= 11 is 0. The topological polar surface area (TPSA) is 51.7 Å². The van der Waals surface area contributed by atoms with Crippen LogP contribution < -0.4 is 4.74 Å². The number of alkyl halides is 3. The van der Waals surface area contributed by atoms with E-state index in [0.29, 0.717) is 25.2 Å². The van der Waals surface area contributed by atoms with Crippen molar-refractivity contribution in [1.82, 2.24) is 9.88 Å². The number of nitrogens with zero attached hydrogens (tertiary/aromatic N) is 2. The van der Waals surface area contributed by atoms with Crippen molar-refractivity contribution >= 4 is 16.9 Å². The van der Waals surface area contributed by atoms with Gasteiger partial charge < -0.3 is 9.47 Å². The molecule has 2 heterocycles. The third kappa shape index (κ3) is 6.16. The highest BCUT2D eigenvalue weighted by Crippen LogP contribution is 2.38. The van der Waals surface area contributed by atoms with Crippen LogP contribution in [0.4, 0.5) is 13.2 Å². The Hall–Kier alpha value is -2.35. The third-order valence-electron chi connectivity index (χ3n) is 6.75. The molecule has 1 aliphatic carbocycles. The van der Waals surface area contributed by atoms with E-state index in [1.165, 1.54) is 0 Å². The van der Waals surface area contributed by atoms with Crippen LogP contribution in [-0.4, -0.2) is 47.8 Å². The molecule has 1 saturated carbocycles. The molecule has 1 aliphatic heterocycles.